The SMILES string of the molecule is CC1=C(N(c2ccc(-c3ccccc3)cc2C)c2cccc3c2-c2ccccc2C3(C2=CC=CCC2C)c2ccccc2)CCC(c2ccccc2)=C1. The predicted molar refractivity (Wildman–Crippen MR) is 224 cm³/mol. The zero-order valence-electron chi connectivity index (χ0n) is 30.9. The molecule has 0 radical (unpaired) electrons. The third-order valence-electron chi connectivity index (χ3n) is 11.8. The van der Waals surface area contributed by atoms with Gasteiger partial charge in [-0.3, -0.25) is 0 Å². The van der Waals surface area contributed by atoms with Crippen molar-refractivity contribution in [2.75, 3.05) is 4.90 Å². The maximum Gasteiger partial charge on any atom is 0.0680 e. The summed E-state index contributed by atoms with van der Waals surface area (Å²) in [5.74, 6) is 0.400. The molecule has 3 aliphatic carbocycles. The summed E-state index contributed by atoms with van der Waals surface area (Å²) < 4.78 is 0. The summed E-state index contributed by atoms with van der Waals surface area (Å²) in [5, 5.41) is 0. The third kappa shape index (κ3) is 5.46. The number of nitrogens with zero attached hydrogens (tertiary/aromatic N) is 1. The maximum absolute atomic E-state index is 2.62. The molecule has 6 aromatic rings. The topological polar surface area (TPSA) is 3.24 Å². The minimum Gasteiger partial charge on any atom is -0.313 e. The molecular formula is C52H45N. The van der Waals surface area contributed by atoms with E-state index in [1.807, 2.05) is 0 Å². The Morgan fingerprint density at radius 2 is 1.28 bits per heavy atom. The number of benzene rings is 6. The van der Waals surface area contributed by atoms with Crippen molar-refractivity contribution in [3.63, 3.8) is 0 Å². The second-order valence-corrected chi connectivity index (χ2v) is 14.9. The van der Waals surface area contributed by atoms with Gasteiger partial charge in [0.1, 0.15) is 0 Å². The molecule has 0 aromatic heterocycles. The molecule has 3 aliphatic rings. The Labute approximate surface area is 315 Å². The molecule has 258 valence electrons. The maximum atomic E-state index is 2.62. The van der Waals surface area contributed by atoms with Crippen LogP contribution < -0.4 is 4.90 Å². The minimum atomic E-state index is -0.401. The summed E-state index contributed by atoms with van der Waals surface area (Å²) >= 11 is 0. The second-order valence-electron chi connectivity index (χ2n) is 14.9. The van der Waals surface area contributed by atoms with Gasteiger partial charge in [-0.15, -0.1) is 0 Å². The Hall–Kier alpha value is -5.92. The number of aryl methyl sites for hydroxylation is 1. The molecule has 0 amide bonds. The molecule has 53 heavy (non-hydrogen) atoms. The Morgan fingerprint density at radius 1 is 0.604 bits per heavy atom. The van der Waals surface area contributed by atoms with Crippen LogP contribution in [0.5, 0.6) is 0 Å². The van der Waals surface area contributed by atoms with Crippen molar-refractivity contribution in [2.45, 2.75) is 45.4 Å². The van der Waals surface area contributed by atoms with Gasteiger partial charge in [0.05, 0.1) is 11.1 Å². The number of hydrogen-bond acceptors (Lipinski definition) is 1. The van der Waals surface area contributed by atoms with Crippen molar-refractivity contribution in [3.05, 3.63) is 221 Å². The number of hydrogen-bond donors (Lipinski definition) is 0. The van der Waals surface area contributed by atoms with Crippen molar-refractivity contribution < 1.29 is 0 Å². The Morgan fingerprint density at radius 3 is 2.00 bits per heavy atom. The van der Waals surface area contributed by atoms with Gasteiger partial charge in [0.2, 0.25) is 0 Å². The van der Waals surface area contributed by atoms with Crippen molar-refractivity contribution in [1.82, 2.24) is 0 Å². The van der Waals surface area contributed by atoms with E-state index in [2.05, 4.69) is 202 Å². The van der Waals surface area contributed by atoms with Crippen LogP contribution in [0.25, 0.3) is 27.8 Å². The van der Waals surface area contributed by atoms with Gasteiger partial charge in [-0.2, -0.15) is 0 Å². The first-order chi connectivity index (χ1) is 26.1. The lowest BCUT2D eigenvalue weighted by molar-refractivity contribution is 0.576. The number of fused-ring (bicyclic) bond motifs is 3. The fourth-order valence-electron chi connectivity index (χ4n) is 9.38. The van der Waals surface area contributed by atoms with Crippen LogP contribution in [0.1, 0.15) is 60.9 Å². The normalized spacial score (nSPS) is 19.0. The summed E-state index contributed by atoms with van der Waals surface area (Å²) in [6.45, 7) is 7.00. The lowest BCUT2D eigenvalue weighted by Crippen LogP contribution is -2.33. The molecule has 6 aromatic carbocycles. The van der Waals surface area contributed by atoms with Gasteiger partial charge in [-0.05, 0) is 118 Å². The van der Waals surface area contributed by atoms with Crippen LogP contribution in [0.15, 0.2) is 193 Å². The van der Waals surface area contributed by atoms with E-state index in [1.54, 1.807) is 0 Å². The molecule has 0 saturated carbocycles. The number of allylic oxidation sites excluding steroid dienone is 8. The highest BCUT2D eigenvalue weighted by Gasteiger charge is 2.49. The average Bonchev–Trinajstić information content (AvgIpc) is 3.52. The van der Waals surface area contributed by atoms with Crippen LogP contribution in [0.4, 0.5) is 11.4 Å². The van der Waals surface area contributed by atoms with Gasteiger partial charge in [-0.25, -0.2) is 0 Å². The highest BCUT2D eigenvalue weighted by atomic mass is 15.2. The molecule has 0 spiro atoms. The molecule has 0 heterocycles. The van der Waals surface area contributed by atoms with E-state index in [1.165, 1.54) is 83.9 Å². The summed E-state index contributed by atoms with van der Waals surface area (Å²) in [6, 6.07) is 56.2. The predicted octanol–water partition coefficient (Wildman–Crippen LogP) is 13.8. The van der Waals surface area contributed by atoms with E-state index in [0.717, 1.165) is 19.3 Å². The molecule has 9 rings (SSSR count). The fourth-order valence-corrected chi connectivity index (χ4v) is 9.38. The lowest BCUT2D eigenvalue weighted by Gasteiger charge is -2.40. The number of rotatable bonds is 7. The van der Waals surface area contributed by atoms with Crippen LogP contribution in [0, 0.1) is 12.8 Å². The Kier molecular flexibility index (Phi) is 8.43. The van der Waals surface area contributed by atoms with Crippen LogP contribution in [0.3, 0.4) is 0 Å². The molecular weight excluding hydrogens is 639 g/mol. The summed E-state index contributed by atoms with van der Waals surface area (Å²) in [7, 11) is 0. The zero-order valence-corrected chi connectivity index (χ0v) is 30.9. The molecule has 1 nitrogen and oxygen atoms in total. The first-order valence-electron chi connectivity index (χ1n) is 19.1. The van der Waals surface area contributed by atoms with Crippen molar-refractivity contribution in [3.8, 4) is 22.3 Å². The summed E-state index contributed by atoms with van der Waals surface area (Å²) in [6.07, 6.45) is 12.4. The Bertz CT molecular complexity index is 2440. The quantitative estimate of drug-likeness (QED) is 0.162. The summed E-state index contributed by atoms with van der Waals surface area (Å²) in [4.78, 5) is 2.62. The highest BCUT2D eigenvalue weighted by molar-refractivity contribution is 5.96. The molecule has 0 saturated heterocycles. The van der Waals surface area contributed by atoms with Crippen molar-refractivity contribution in [2.24, 2.45) is 5.92 Å². The Balaban J connectivity index is 1.32. The fraction of sp³-hybridized carbons (Fsp3) is 0.154. The molecule has 2 atom stereocenters. The first-order valence-corrected chi connectivity index (χ1v) is 19.1. The molecule has 2 unspecified atom stereocenters. The molecule has 0 N–H and O–H groups in total. The smallest absolute Gasteiger partial charge is 0.0680 e. The van der Waals surface area contributed by atoms with Crippen LogP contribution >= 0.6 is 0 Å². The molecule has 1 heteroatoms. The molecule has 0 bridgehead atoms. The second kappa shape index (κ2) is 13.6. The molecule has 0 aliphatic heterocycles. The highest BCUT2D eigenvalue weighted by Crippen LogP contribution is 2.61. The van der Waals surface area contributed by atoms with Crippen molar-refractivity contribution in [1.29, 1.82) is 0 Å². The van der Waals surface area contributed by atoms with Gasteiger partial charge in [0, 0.05) is 16.9 Å². The van der Waals surface area contributed by atoms with E-state index in [4.69, 9.17) is 0 Å². The zero-order chi connectivity index (χ0) is 35.9. The van der Waals surface area contributed by atoms with E-state index < -0.39 is 5.41 Å². The van der Waals surface area contributed by atoms with Gasteiger partial charge in [0.25, 0.3) is 0 Å². The minimum absolute atomic E-state index is 0.400. The first kappa shape index (κ1) is 33.0. The van der Waals surface area contributed by atoms with Gasteiger partial charge in [-0.1, -0.05) is 165 Å². The lowest BCUT2D eigenvalue weighted by atomic mass is 9.63. The van der Waals surface area contributed by atoms with Crippen LogP contribution in [-0.4, -0.2) is 0 Å². The summed E-state index contributed by atoms with van der Waals surface area (Å²) in [5.41, 5.74) is 19.4. The van der Waals surface area contributed by atoms with Crippen molar-refractivity contribution >= 4 is 16.9 Å². The van der Waals surface area contributed by atoms with Gasteiger partial charge in [0.15, 0.2) is 0 Å². The molecule has 0 fully saturated rings. The van der Waals surface area contributed by atoms with Crippen LogP contribution in [-0.2, 0) is 5.41 Å². The number of anilines is 2. The van der Waals surface area contributed by atoms with Gasteiger partial charge < -0.3 is 4.90 Å². The van der Waals surface area contributed by atoms with E-state index >= 15 is 0 Å². The van der Waals surface area contributed by atoms with Crippen LogP contribution in [0.2, 0.25) is 0 Å². The standard InChI is InChI=1S/C52H45N/c1-36-18-13-15-26-45(36)52(43-23-11-6-12-24-43)46-27-16-14-25-44(46)51-47(52)28-17-29-50(51)53(48-32-30-41(34-37(48)2)39-19-7-4-8-20-39)49-33-31-42(35-38(49)3)40-21-9-5-10-22-40/h4-17,19-30,32,34-36H,18,31,33H2,1-3H3. The average molecular weight is 684 g/mol. The third-order valence-corrected chi connectivity index (χ3v) is 11.8. The van der Waals surface area contributed by atoms with Gasteiger partial charge >= 0.3 is 0 Å². The van der Waals surface area contributed by atoms with E-state index in [-0.39, 0.29) is 0 Å². The van der Waals surface area contributed by atoms with E-state index in [0.29, 0.717) is 5.92 Å². The monoisotopic (exact) mass is 683 g/mol. The van der Waals surface area contributed by atoms with E-state index in [9.17, 15) is 0 Å². The largest absolute Gasteiger partial charge is 0.313 e.